The van der Waals surface area contributed by atoms with Crippen LogP contribution in [0.15, 0.2) is 24.3 Å². The summed E-state index contributed by atoms with van der Waals surface area (Å²) in [6.07, 6.45) is 1.39. The predicted molar refractivity (Wildman–Crippen MR) is 64.0 cm³/mol. The molecule has 17 heavy (non-hydrogen) atoms. The van der Waals surface area contributed by atoms with Gasteiger partial charge in [-0.3, -0.25) is 4.79 Å². The van der Waals surface area contributed by atoms with Gasteiger partial charge in [0.15, 0.2) is 0 Å². The van der Waals surface area contributed by atoms with Crippen LogP contribution in [0.2, 0.25) is 0 Å². The van der Waals surface area contributed by atoms with Crippen molar-refractivity contribution in [2.24, 2.45) is 5.84 Å². The van der Waals surface area contributed by atoms with E-state index in [1.54, 1.807) is 24.3 Å². The number of nitrogens with zero attached hydrogens (tertiary/aromatic N) is 2. The molecule has 92 valence electrons. The van der Waals surface area contributed by atoms with Gasteiger partial charge in [0.1, 0.15) is 6.04 Å². The number of amides is 1. The molecule has 6 heteroatoms. The Bertz CT molecular complexity index is 424. The lowest BCUT2D eigenvalue weighted by Crippen LogP contribution is -2.48. The van der Waals surface area contributed by atoms with E-state index < -0.39 is 6.04 Å². The van der Waals surface area contributed by atoms with E-state index in [9.17, 15) is 10.0 Å². The lowest BCUT2D eigenvalue weighted by molar-refractivity contribution is -0.143. The van der Waals surface area contributed by atoms with Gasteiger partial charge in [-0.2, -0.15) is 5.06 Å². The van der Waals surface area contributed by atoms with Gasteiger partial charge < -0.3 is 10.9 Å². The van der Waals surface area contributed by atoms with Crippen LogP contribution in [0.3, 0.4) is 0 Å². The summed E-state index contributed by atoms with van der Waals surface area (Å²) in [5.74, 6) is 5.40. The molecule has 1 aliphatic rings. The Hall–Kier alpha value is -1.63. The van der Waals surface area contributed by atoms with Gasteiger partial charge in [0.25, 0.3) is 5.91 Å². The molecule has 0 saturated carbocycles. The molecule has 1 saturated heterocycles. The number of rotatable bonds is 2. The van der Waals surface area contributed by atoms with Crippen molar-refractivity contribution in [2.45, 2.75) is 18.9 Å². The minimum absolute atomic E-state index is 0.345. The van der Waals surface area contributed by atoms with Gasteiger partial charge in [-0.15, -0.1) is 0 Å². The van der Waals surface area contributed by atoms with E-state index in [4.69, 9.17) is 11.6 Å². The Morgan fingerprint density at radius 3 is 2.76 bits per heavy atom. The zero-order valence-electron chi connectivity index (χ0n) is 9.41. The highest BCUT2D eigenvalue weighted by Gasteiger charge is 2.33. The van der Waals surface area contributed by atoms with Gasteiger partial charge in [-0.05, 0) is 25.0 Å². The van der Waals surface area contributed by atoms with Crippen molar-refractivity contribution >= 4 is 17.3 Å². The third-order valence-corrected chi connectivity index (χ3v) is 2.94. The van der Waals surface area contributed by atoms with Crippen molar-refractivity contribution in [3.05, 3.63) is 24.3 Å². The molecule has 1 aromatic carbocycles. The Morgan fingerprint density at radius 2 is 2.18 bits per heavy atom. The smallest absolute Gasteiger partial charge is 0.260 e. The quantitative estimate of drug-likeness (QED) is 0.297. The molecule has 0 aliphatic carbocycles. The summed E-state index contributed by atoms with van der Waals surface area (Å²) in [6.45, 7) is 0.495. The minimum atomic E-state index is -0.570. The SMILES string of the molecule is Nc1ccccc1N(N)C(=O)[C@@H]1CCCN1O. The number of anilines is 2. The maximum absolute atomic E-state index is 12.1. The largest absolute Gasteiger partial charge is 0.397 e. The summed E-state index contributed by atoms with van der Waals surface area (Å²) in [7, 11) is 0. The van der Waals surface area contributed by atoms with Crippen LogP contribution in [0.1, 0.15) is 12.8 Å². The molecule has 2 rings (SSSR count). The van der Waals surface area contributed by atoms with Gasteiger partial charge in [0.2, 0.25) is 0 Å². The van der Waals surface area contributed by atoms with Crippen molar-refractivity contribution in [1.82, 2.24) is 5.06 Å². The van der Waals surface area contributed by atoms with Crippen LogP contribution in [-0.4, -0.2) is 28.8 Å². The fourth-order valence-electron chi connectivity index (χ4n) is 1.99. The monoisotopic (exact) mass is 236 g/mol. The second-order valence-corrected chi connectivity index (χ2v) is 4.09. The standard InChI is InChI=1S/C11H16N4O2/c12-8-4-1-2-5-9(8)15(13)11(16)10-6-3-7-14(10)17/h1-2,4-5,10,17H,3,6-7,12-13H2/t10-/m0/s1. The number of hydrazine groups is 1. The first-order valence-corrected chi connectivity index (χ1v) is 5.50. The van der Waals surface area contributed by atoms with Crippen molar-refractivity contribution in [2.75, 3.05) is 17.3 Å². The number of benzene rings is 1. The molecule has 1 aromatic rings. The molecule has 1 atom stereocenters. The number of nitrogen functional groups attached to an aromatic ring is 1. The lowest BCUT2D eigenvalue weighted by atomic mass is 10.2. The first-order valence-electron chi connectivity index (χ1n) is 5.50. The molecule has 6 nitrogen and oxygen atoms in total. The maximum Gasteiger partial charge on any atom is 0.260 e. The number of hydrogen-bond acceptors (Lipinski definition) is 5. The van der Waals surface area contributed by atoms with Crippen LogP contribution in [0.25, 0.3) is 0 Å². The molecule has 1 aliphatic heterocycles. The number of hydroxylamine groups is 2. The van der Waals surface area contributed by atoms with Crippen LogP contribution in [-0.2, 0) is 4.79 Å². The van der Waals surface area contributed by atoms with Gasteiger partial charge in [-0.1, -0.05) is 12.1 Å². The van der Waals surface area contributed by atoms with E-state index in [1.807, 2.05) is 0 Å². The van der Waals surface area contributed by atoms with E-state index in [1.165, 1.54) is 0 Å². The molecule has 0 bridgehead atoms. The van der Waals surface area contributed by atoms with E-state index in [0.717, 1.165) is 16.5 Å². The third kappa shape index (κ3) is 2.23. The van der Waals surface area contributed by atoms with Crippen LogP contribution in [0.5, 0.6) is 0 Å². The molecule has 1 heterocycles. The van der Waals surface area contributed by atoms with Crippen LogP contribution >= 0.6 is 0 Å². The van der Waals surface area contributed by atoms with Gasteiger partial charge in [0, 0.05) is 6.54 Å². The first kappa shape index (κ1) is 11.8. The number of carbonyl (C=O) groups excluding carboxylic acids is 1. The fourth-order valence-corrected chi connectivity index (χ4v) is 1.99. The summed E-state index contributed by atoms with van der Waals surface area (Å²) in [4.78, 5) is 12.1. The van der Waals surface area contributed by atoms with E-state index in [-0.39, 0.29) is 5.91 Å². The van der Waals surface area contributed by atoms with Gasteiger partial charge in [0.05, 0.1) is 11.4 Å². The van der Waals surface area contributed by atoms with Crippen LogP contribution in [0.4, 0.5) is 11.4 Å². The highest BCUT2D eigenvalue weighted by molar-refractivity contribution is 5.98. The van der Waals surface area contributed by atoms with E-state index in [2.05, 4.69) is 0 Å². The first-order chi connectivity index (χ1) is 8.11. The summed E-state index contributed by atoms with van der Waals surface area (Å²) < 4.78 is 0. The Balaban J connectivity index is 2.17. The van der Waals surface area contributed by atoms with Crippen molar-refractivity contribution in [3.8, 4) is 0 Å². The molecule has 0 radical (unpaired) electrons. The topological polar surface area (TPSA) is 95.8 Å². The minimum Gasteiger partial charge on any atom is -0.397 e. The molecule has 1 amide bonds. The second-order valence-electron chi connectivity index (χ2n) is 4.09. The number of para-hydroxylation sites is 2. The summed E-state index contributed by atoms with van der Waals surface area (Å²) >= 11 is 0. The Morgan fingerprint density at radius 1 is 1.47 bits per heavy atom. The average Bonchev–Trinajstić information content (AvgIpc) is 2.74. The number of carbonyl (C=O) groups is 1. The van der Waals surface area contributed by atoms with Crippen LogP contribution in [0, 0.1) is 0 Å². The highest BCUT2D eigenvalue weighted by Crippen LogP contribution is 2.23. The van der Waals surface area contributed by atoms with Crippen molar-refractivity contribution in [3.63, 3.8) is 0 Å². The summed E-state index contributed by atoms with van der Waals surface area (Å²) in [6, 6.07) is 6.30. The highest BCUT2D eigenvalue weighted by atomic mass is 16.5. The Labute approximate surface area is 99.3 Å². The third-order valence-electron chi connectivity index (χ3n) is 2.94. The van der Waals surface area contributed by atoms with Crippen molar-refractivity contribution < 1.29 is 10.0 Å². The molecule has 0 spiro atoms. The molecular weight excluding hydrogens is 220 g/mol. The number of hydrogen-bond donors (Lipinski definition) is 3. The van der Waals surface area contributed by atoms with Crippen LogP contribution < -0.4 is 16.6 Å². The predicted octanol–water partition coefficient (Wildman–Crippen LogP) is 0.329. The zero-order chi connectivity index (χ0) is 12.4. The fraction of sp³-hybridized carbons (Fsp3) is 0.364. The number of nitrogens with two attached hydrogens (primary N) is 2. The normalized spacial score (nSPS) is 20.5. The van der Waals surface area contributed by atoms with E-state index >= 15 is 0 Å². The molecule has 5 N–H and O–H groups in total. The van der Waals surface area contributed by atoms with Gasteiger partial charge in [-0.25, -0.2) is 10.9 Å². The molecule has 1 fully saturated rings. The van der Waals surface area contributed by atoms with Gasteiger partial charge >= 0.3 is 0 Å². The zero-order valence-corrected chi connectivity index (χ0v) is 9.41. The summed E-state index contributed by atoms with van der Waals surface area (Å²) in [5.41, 5.74) is 6.63. The van der Waals surface area contributed by atoms with Crippen molar-refractivity contribution in [1.29, 1.82) is 0 Å². The molecular formula is C11H16N4O2. The molecule has 0 unspecified atom stereocenters. The Kier molecular flexibility index (Phi) is 3.28. The van der Waals surface area contributed by atoms with E-state index in [0.29, 0.717) is 24.3 Å². The maximum atomic E-state index is 12.1. The summed E-state index contributed by atoms with van der Waals surface area (Å²) in [5, 5.41) is 11.6. The molecule has 0 aromatic heterocycles. The second kappa shape index (κ2) is 4.70. The average molecular weight is 236 g/mol. The lowest BCUT2D eigenvalue weighted by Gasteiger charge is -2.24.